The lowest BCUT2D eigenvalue weighted by Gasteiger charge is -2.15. The summed E-state index contributed by atoms with van der Waals surface area (Å²) in [6, 6.07) is 28.1. The highest BCUT2D eigenvalue weighted by Crippen LogP contribution is 2.34. The number of pyridine rings is 5. The Labute approximate surface area is 654 Å². The average molecular weight is 1360 g/mol. The van der Waals surface area contributed by atoms with Crippen molar-refractivity contribution in [2.45, 2.75) is 222 Å². The van der Waals surface area contributed by atoms with Crippen molar-refractivity contribution in [3.05, 3.63) is 262 Å². The fraction of sp³-hybridized carbons (Fsp3) is 0.409. The van der Waals surface area contributed by atoms with Crippen LogP contribution >= 0.6 is 0 Å². The van der Waals surface area contributed by atoms with E-state index in [2.05, 4.69) is 0 Å². The van der Waals surface area contributed by atoms with E-state index in [1.165, 1.54) is 70.3 Å². The first-order valence-electron chi connectivity index (χ1n) is 52.7. The number of aryl methyl sites for hydroxylation is 23. The van der Waals surface area contributed by atoms with Crippen molar-refractivity contribution in [2.75, 3.05) is 0 Å². The predicted octanol–water partition coefficient (Wildman–Crippen LogP) is 22.1. The van der Waals surface area contributed by atoms with E-state index < -0.39 is 112 Å². The smallest absolute Gasteiger partial charge is 0.201 e. The van der Waals surface area contributed by atoms with Crippen molar-refractivity contribution in [1.82, 2.24) is 0 Å². The van der Waals surface area contributed by atoms with Crippen LogP contribution in [0.2, 0.25) is 0 Å². The Morgan fingerprint density at radius 2 is 0.500 bits per heavy atom. The number of nitrogens with zero attached hydrogens (tertiary/aromatic N) is 5. The molecule has 0 aliphatic heterocycles. The van der Waals surface area contributed by atoms with Gasteiger partial charge in [-0.2, -0.15) is 0 Å². The van der Waals surface area contributed by atoms with Gasteiger partial charge in [0.25, 0.3) is 0 Å². The molecule has 5 atom stereocenters. The number of hydrogen-bond acceptors (Lipinski definition) is 0. The summed E-state index contributed by atoms with van der Waals surface area (Å²) in [5.74, 6) is -9.68. The summed E-state index contributed by atoms with van der Waals surface area (Å²) in [6.45, 7) is -3.20. The summed E-state index contributed by atoms with van der Waals surface area (Å²) in [4.78, 5) is 0. The molecule has 0 amide bonds. The van der Waals surface area contributed by atoms with Crippen LogP contribution in [-0.2, 0) is 35.2 Å². The quantitative estimate of drug-likeness (QED) is 0.122. The molecule has 5 heteroatoms. The van der Waals surface area contributed by atoms with Gasteiger partial charge < -0.3 is 0 Å². The van der Waals surface area contributed by atoms with Crippen molar-refractivity contribution in [3.63, 3.8) is 0 Å². The number of rotatable bonds is 10. The molecule has 0 spiro atoms. The van der Waals surface area contributed by atoms with Crippen LogP contribution in [0.5, 0.6) is 0 Å². The molecule has 10 aromatic rings. The van der Waals surface area contributed by atoms with Gasteiger partial charge in [-0.3, -0.25) is 0 Å². The van der Waals surface area contributed by atoms with Crippen molar-refractivity contribution in [3.8, 4) is 56.3 Å². The first kappa shape index (κ1) is 38.4. The standard InChI is InChI=1S/C20H28N.2C19H26N.C18H24N.C17H22N/c1-13(2)17-8-9-21(7)20(11-17)19-12-18(14(3)4)15(5)10-16(19)6;1-12(2)17-8-15(5)18(9-14(17)4)19-10-13(3)16(6)11-20(19)7;1-12(2)17-10-18(15(5)8-14(17)4)19-9-13(3)16(6)11-20(19)7;1-12(2)16-7-8-19(6)18(11-16)17-10-14(4)13(3)9-15(17)5;1-11-7-14(4)16(8-12(11)2)17-9-13(3)15(5)10-18(17)6/h8-14H,1-7H3;2*8-12H,1-7H3;7-12H,1-6H3;7-10H,1-6H3/q5*+1/i1D3,3D3,5D3,13D,14D;1D3,6D3,12D;1D3,4D3,6D3,12D;1D3,3D3,12D;1D3,5D3. The van der Waals surface area contributed by atoms with Gasteiger partial charge in [-0.15, -0.1) is 0 Å². The van der Waals surface area contributed by atoms with E-state index in [1.54, 1.807) is 163 Å². The van der Waals surface area contributed by atoms with Crippen molar-refractivity contribution in [1.29, 1.82) is 0 Å². The molecule has 0 aliphatic rings. The lowest BCUT2D eigenvalue weighted by Crippen LogP contribution is -2.31. The molecule has 0 radical (unpaired) electrons. The van der Waals surface area contributed by atoms with Gasteiger partial charge in [0.2, 0.25) is 28.5 Å². The minimum absolute atomic E-state index is 0.0966. The van der Waals surface area contributed by atoms with Gasteiger partial charge >= 0.3 is 0 Å². The maximum absolute atomic E-state index is 8.52. The number of benzene rings is 5. The molecular formula is C93H126N5+5. The van der Waals surface area contributed by atoms with Gasteiger partial charge in [-0.25, -0.2) is 22.8 Å². The molecule has 5 nitrogen and oxygen atoms in total. The van der Waals surface area contributed by atoms with E-state index >= 15 is 0 Å². The van der Waals surface area contributed by atoms with Crippen molar-refractivity contribution < 1.29 is 79.0 Å². The van der Waals surface area contributed by atoms with E-state index in [-0.39, 0.29) is 33.4 Å². The van der Waals surface area contributed by atoms with Crippen LogP contribution in [0.25, 0.3) is 56.3 Å². The molecule has 0 fully saturated rings. The van der Waals surface area contributed by atoms with Gasteiger partial charge in [0.1, 0.15) is 35.2 Å². The fourth-order valence-corrected chi connectivity index (χ4v) is 11.5. The van der Waals surface area contributed by atoms with Crippen LogP contribution in [0.3, 0.4) is 0 Å². The van der Waals surface area contributed by atoms with E-state index in [0.29, 0.717) is 94.8 Å². The maximum atomic E-state index is 8.52. The Morgan fingerprint density at radius 3 is 0.806 bits per heavy atom. The first-order valence-corrected chi connectivity index (χ1v) is 32.2. The van der Waals surface area contributed by atoms with Gasteiger partial charge in [-0.05, 0) is 295 Å². The van der Waals surface area contributed by atoms with Crippen LogP contribution in [0, 0.1) is 124 Å². The van der Waals surface area contributed by atoms with Crippen molar-refractivity contribution in [2.24, 2.45) is 35.2 Å². The molecule has 0 aliphatic carbocycles. The Kier molecular flexibility index (Phi) is 13.2. The third-order valence-corrected chi connectivity index (χ3v) is 17.6. The van der Waals surface area contributed by atoms with Crippen LogP contribution in [0.15, 0.2) is 134 Å². The predicted molar refractivity (Wildman–Crippen MR) is 421 cm³/mol. The SMILES string of the molecule is [2H]C([2H])([2H])c1c[n+](C)c(-c2cc(C([2H])(C)C([2H])([2H])[2H])c(C([2H])([2H])[2H])cc2C)cc1C.[2H]C([2H])([2H])c1c[n+](C)c(-c2cc(C)c(C([2H])(C)C([2H])([2H])[2H])cc2C)cc1C.[2H]C([2H])([2H])c1cc(C)c(-c2cc(C([2H])(C)C([2H])([2H])[2H])cc[n+]2C)cc1C.[2H]C([2H])([2H])c1cc(C)c(-c2cc(C([2H])(C)C([2H])([2H])[2H])cc[n+]2C)cc1C([2H])(C)C([2H])([2H])[2H].[2H]C([2H])([2H])c1cc(C)c(-c2cc(C)c(C([2H])([2H])[2H])c[n+]2C)cc1C. The molecule has 0 saturated heterocycles. The summed E-state index contributed by atoms with van der Waals surface area (Å²) in [5.41, 5.74) is 16.7. The number of hydrogen-bond donors (Lipinski definition) is 0. The molecule has 0 saturated carbocycles. The Morgan fingerprint density at radius 1 is 0.245 bits per heavy atom. The van der Waals surface area contributed by atoms with Gasteiger partial charge in [0, 0.05) is 143 Å². The molecule has 10 rings (SSSR count). The molecule has 5 aromatic heterocycles. The summed E-state index contributed by atoms with van der Waals surface area (Å²) in [5, 5.41) is 0. The van der Waals surface area contributed by atoms with E-state index in [4.69, 9.17) is 56.2 Å². The molecule has 0 N–H and O–H groups in total. The lowest BCUT2D eigenvalue weighted by atomic mass is 9.91. The Bertz CT molecular complexity index is 6140. The molecule has 5 aromatic carbocycles. The molecule has 518 valence electrons. The van der Waals surface area contributed by atoms with E-state index in [9.17, 15) is 0 Å². The van der Waals surface area contributed by atoms with Gasteiger partial charge in [0.15, 0.2) is 31.0 Å². The third-order valence-electron chi connectivity index (χ3n) is 17.6. The molecule has 5 unspecified atom stereocenters. The highest BCUT2D eigenvalue weighted by molar-refractivity contribution is 5.68. The van der Waals surface area contributed by atoms with Gasteiger partial charge in [0.05, 0.1) is 0 Å². The largest absolute Gasteiger partial charge is 0.212 e. The molecule has 5 heterocycles. The van der Waals surface area contributed by atoms with Crippen LogP contribution in [0.1, 0.15) is 283 Å². The maximum Gasteiger partial charge on any atom is 0.212 e. The van der Waals surface area contributed by atoms with Crippen LogP contribution in [0.4, 0.5) is 0 Å². The lowest BCUT2D eigenvalue weighted by molar-refractivity contribution is -0.660. The Hall–Kier alpha value is -8.15. The Balaban J connectivity index is 0.000000267. The zero-order chi connectivity index (χ0) is 108. The number of aromatic nitrogens is 5. The minimum Gasteiger partial charge on any atom is -0.201 e. The zero-order valence-corrected chi connectivity index (χ0v) is 60.9. The van der Waals surface area contributed by atoms with E-state index in [0.717, 1.165) is 62.9 Å². The van der Waals surface area contributed by atoms with Crippen LogP contribution < -0.4 is 22.8 Å². The summed E-state index contributed by atoms with van der Waals surface area (Å²) in [7, 11) is 8.81. The topological polar surface area (TPSA) is 19.4 Å². The molecule has 98 heavy (non-hydrogen) atoms. The summed E-state index contributed by atoms with van der Waals surface area (Å²) in [6.07, 6.45) is 8.08. The second kappa shape index (κ2) is 33.6. The third kappa shape index (κ3) is 19.2. The summed E-state index contributed by atoms with van der Waals surface area (Å²) >= 11 is 0. The second-order valence-electron chi connectivity index (χ2n) is 25.9. The first-order chi connectivity index (χ1) is 61.9. The average Bonchev–Trinajstić information content (AvgIpc) is 0.736. The second-order valence-corrected chi connectivity index (χ2v) is 25.9. The monoisotopic (exact) mass is 1350 g/mol. The van der Waals surface area contributed by atoms with Gasteiger partial charge in [-0.1, -0.05) is 99.2 Å². The van der Waals surface area contributed by atoms with Crippen molar-refractivity contribution >= 4 is 0 Å². The minimum atomic E-state index is -2.79. The molecule has 0 bridgehead atoms. The normalized spacial score (nSPS) is 21.9. The zero-order valence-electron chi connectivity index (χ0n) is 102. The highest BCUT2D eigenvalue weighted by Gasteiger charge is 2.22. The highest BCUT2D eigenvalue weighted by atomic mass is 14.9. The van der Waals surface area contributed by atoms with E-state index in [1.807, 2.05) is 62.7 Å². The molecular weight excluding hydrogens is 1190 g/mol. The summed E-state index contributed by atoms with van der Waals surface area (Å²) < 4.78 is 329. The fourth-order valence-electron chi connectivity index (χ4n) is 11.5. The van der Waals surface area contributed by atoms with Crippen LogP contribution in [-0.4, -0.2) is 0 Å².